The van der Waals surface area contributed by atoms with E-state index in [9.17, 15) is 0 Å². The Labute approximate surface area is 255 Å². The second-order valence-electron chi connectivity index (χ2n) is 13.1. The number of hydrogen-bond donors (Lipinski definition) is 0. The van der Waals surface area contributed by atoms with Crippen molar-refractivity contribution in [2.75, 3.05) is 0 Å². The minimum absolute atomic E-state index is 0. The third-order valence-electron chi connectivity index (χ3n) is 6.85. The normalized spacial score (nSPS) is 12.1. The first-order valence-corrected chi connectivity index (χ1v) is 14.5. The summed E-state index contributed by atoms with van der Waals surface area (Å²) in [5.74, 6) is 0. The van der Waals surface area contributed by atoms with Gasteiger partial charge in [-0.3, -0.25) is 0 Å². The summed E-state index contributed by atoms with van der Waals surface area (Å²) in [4.78, 5) is 0. The third kappa shape index (κ3) is 8.81. The molecule has 0 fully saturated rings. The smallest absolute Gasteiger partial charge is 1.00 e. The molecule has 4 rings (SSSR count). The molecule has 0 radical (unpaired) electrons. The molecule has 0 aliphatic heterocycles. The quantitative estimate of drug-likeness (QED) is 0.266. The van der Waals surface area contributed by atoms with E-state index in [1.54, 1.807) is 0 Å². The first-order valence-electron chi connectivity index (χ1n) is 12.8. The minimum Gasteiger partial charge on any atom is -1.00 e. The number of aryl methyl sites for hydroxylation is 3. The third-order valence-corrected chi connectivity index (χ3v) is 6.85. The fourth-order valence-electron chi connectivity index (χ4n) is 5.05. The van der Waals surface area contributed by atoms with Gasteiger partial charge in [0.15, 0.2) is 0 Å². The molecule has 0 aromatic heterocycles. The van der Waals surface area contributed by atoms with Crippen LogP contribution in [0.25, 0.3) is 11.1 Å². The molecule has 1 aliphatic rings. The number of rotatable bonds is 0. The summed E-state index contributed by atoms with van der Waals surface area (Å²) in [6.45, 7) is 27.1. The molecule has 0 amide bonds. The largest absolute Gasteiger partial charge is 1.00 e. The fraction of sp³-hybridized carbons (Fsp3) is 0.471. The van der Waals surface area contributed by atoms with Gasteiger partial charge in [-0.2, -0.15) is 41.0 Å². The second-order valence-corrected chi connectivity index (χ2v) is 13.1. The van der Waals surface area contributed by atoms with Gasteiger partial charge in [-0.1, -0.05) is 105 Å². The maximum atomic E-state index is 3.69. The van der Waals surface area contributed by atoms with Crippen LogP contribution in [0.2, 0.25) is 0 Å². The van der Waals surface area contributed by atoms with Gasteiger partial charge in [0.25, 0.3) is 0 Å². The van der Waals surface area contributed by atoms with Crippen LogP contribution in [-0.4, -0.2) is 4.21 Å². The summed E-state index contributed by atoms with van der Waals surface area (Å²) in [5, 5.41) is 0. The average molecular weight is 617 g/mol. The molecule has 0 saturated heterocycles. The fourth-order valence-corrected chi connectivity index (χ4v) is 5.05. The molecule has 0 atom stereocenters. The van der Waals surface area contributed by atoms with Crippen molar-refractivity contribution in [3.63, 3.8) is 0 Å². The van der Waals surface area contributed by atoms with Crippen molar-refractivity contribution in [2.45, 2.75) is 106 Å². The van der Waals surface area contributed by atoms with Gasteiger partial charge in [0.1, 0.15) is 0 Å². The van der Waals surface area contributed by atoms with Crippen LogP contribution in [0.1, 0.15) is 107 Å². The Balaban J connectivity index is 0.000000786. The van der Waals surface area contributed by atoms with E-state index in [-0.39, 0.29) is 35.6 Å². The molecule has 0 N–H and O–H groups in total. The van der Waals surface area contributed by atoms with Gasteiger partial charge >= 0.3 is 28.4 Å². The Hall–Kier alpha value is -0.877. The van der Waals surface area contributed by atoms with E-state index < -0.39 is 0 Å². The van der Waals surface area contributed by atoms with Gasteiger partial charge < -0.3 is 24.8 Å². The van der Waals surface area contributed by atoms with Crippen molar-refractivity contribution in [1.29, 1.82) is 0 Å². The SMILES string of the molecule is Cc1[c-]c2c(cc1C(C)(C)C)-c1cc(C(C)(C)C)c(C)cc1C2.Cc1cc(C(C)(C)C)c[cH-]1.[CH2]=[Zr+2].[Cl-].[Cl-]. The van der Waals surface area contributed by atoms with E-state index in [4.69, 9.17) is 0 Å². The van der Waals surface area contributed by atoms with E-state index >= 15 is 0 Å². The minimum atomic E-state index is 0. The summed E-state index contributed by atoms with van der Waals surface area (Å²) in [6, 6.07) is 17.6. The van der Waals surface area contributed by atoms with Crippen LogP contribution in [0.15, 0.2) is 36.4 Å². The standard InChI is InChI=1S/C23H29.C10H15.CH2.2ClH.Zr/c1-14-9-16-11-17-10-15(2)21(23(6,7)8)13-19(17)18(16)12-20(14)22(3,4)5;1-8-5-6-9(7-8)10(2,3)4;;;;/h9,12-13H,11H2,1-8H3;5-7H,1-4H3;1H2;2*1H;/q2*-1;;;;+2/p-2. The van der Waals surface area contributed by atoms with Gasteiger partial charge in [0.05, 0.1) is 0 Å². The summed E-state index contributed by atoms with van der Waals surface area (Å²) in [6.07, 6.45) is 1.03. The number of benzene rings is 2. The predicted octanol–water partition coefficient (Wildman–Crippen LogP) is 3.25. The van der Waals surface area contributed by atoms with Crippen LogP contribution in [0.3, 0.4) is 0 Å². The van der Waals surface area contributed by atoms with Crippen molar-refractivity contribution >= 4 is 4.21 Å². The number of halogens is 2. The van der Waals surface area contributed by atoms with Crippen LogP contribution in [-0.2, 0) is 46.9 Å². The predicted molar refractivity (Wildman–Crippen MR) is 153 cm³/mol. The Kier molecular flexibility index (Phi) is 13.1. The molecular formula is C34H46Cl2Zr-2. The van der Waals surface area contributed by atoms with Crippen molar-refractivity contribution in [2.24, 2.45) is 0 Å². The van der Waals surface area contributed by atoms with Crippen molar-refractivity contribution < 1.29 is 49.0 Å². The van der Waals surface area contributed by atoms with E-state index in [1.807, 2.05) is 0 Å². The van der Waals surface area contributed by atoms with Gasteiger partial charge in [0, 0.05) is 0 Å². The van der Waals surface area contributed by atoms with Crippen LogP contribution < -0.4 is 24.8 Å². The van der Waals surface area contributed by atoms with Crippen LogP contribution >= 0.6 is 0 Å². The molecule has 0 nitrogen and oxygen atoms in total. The number of fused-ring (bicyclic) bond motifs is 3. The van der Waals surface area contributed by atoms with Gasteiger partial charge in [-0.15, -0.1) is 16.7 Å². The van der Waals surface area contributed by atoms with E-state index in [2.05, 4.69) is 130 Å². The summed E-state index contributed by atoms with van der Waals surface area (Å²) in [5.41, 5.74) is 14.7. The molecule has 0 unspecified atom stereocenters. The van der Waals surface area contributed by atoms with Crippen LogP contribution in [0.4, 0.5) is 0 Å². The first kappa shape index (κ1) is 36.1. The summed E-state index contributed by atoms with van der Waals surface area (Å²) in [7, 11) is 0. The zero-order valence-electron chi connectivity index (χ0n) is 25.1. The Morgan fingerprint density at radius 2 is 1.24 bits per heavy atom. The average Bonchev–Trinajstić information content (AvgIpc) is 3.29. The van der Waals surface area contributed by atoms with E-state index in [0.29, 0.717) is 5.41 Å². The number of hydrogen-bond acceptors (Lipinski definition) is 0. The molecule has 0 heterocycles. The zero-order chi connectivity index (χ0) is 26.9. The van der Waals surface area contributed by atoms with Gasteiger partial charge in [-0.25, -0.2) is 6.07 Å². The molecule has 3 aromatic rings. The molecule has 202 valence electrons. The van der Waals surface area contributed by atoms with E-state index in [0.717, 1.165) is 6.42 Å². The Morgan fingerprint density at radius 1 is 0.730 bits per heavy atom. The monoisotopic (exact) mass is 614 g/mol. The molecule has 3 aromatic carbocycles. The van der Waals surface area contributed by atoms with Crippen LogP contribution in [0.5, 0.6) is 0 Å². The molecule has 0 saturated carbocycles. The first-order chi connectivity index (χ1) is 16.0. The topological polar surface area (TPSA) is 0 Å². The van der Waals surface area contributed by atoms with Crippen molar-refractivity contribution in [3.05, 3.63) is 87.0 Å². The Morgan fingerprint density at radius 3 is 1.65 bits per heavy atom. The summed E-state index contributed by atoms with van der Waals surface area (Å²) >= 11 is 1.30. The molecular weight excluding hydrogens is 571 g/mol. The zero-order valence-corrected chi connectivity index (χ0v) is 29.1. The van der Waals surface area contributed by atoms with Gasteiger partial charge in [0.2, 0.25) is 0 Å². The molecule has 3 heteroatoms. The van der Waals surface area contributed by atoms with Crippen molar-refractivity contribution in [1.82, 2.24) is 0 Å². The van der Waals surface area contributed by atoms with Crippen molar-refractivity contribution in [3.8, 4) is 11.1 Å². The molecule has 37 heavy (non-hydrogen) atoms. The maximum absolute atomic E-state index is 3.69. The van der Waals surface area contributed by atoms with E-state index in [1.165, 1.54) is 79.9 Å². The molecule has 0 spiro atoms. The Bertz CT molecular complexity index is 1110. The summed E-state index contributed by atoms with van der Waals surface area (Å²) < 4.78 is 3.34. The van der Waals surface area contributed by atoms with Crippen LogP contribution in [0, 0.1) is 26.8 Å². The molecule has 0 bridgehead atoms. The maximum Gasteiger partial charge on any atom is -1.00 e. The second kappa shape index (κ2) is 13.5. The van der Waals surface area contributed by atoms with Gasteiger partial charge in [-0.05, 0) is 35.4 Å². The molecule has 1 aliphatic carbocycles.